The summed E-state index contributed by atoms with van der Waals surface area (Å²) in [7, 11) is -1.15. The van der Waals surface area contributed by atoms with Crippen molar-refractivity contribution in [2.24, 2.45) is 0 Å². The Morgan fingerprint density at radius 1 is 0.931 bits per heavy atom. The van der Waals surface area contributed by atoms with E-state index in [4.69, 9.17) is 4.74 Å². The number of fused-ring (bicyclic) bond motifs is 4. The predicted molar refractivity (Wildman–Crippen MR) is 119 cm³/mol. The van der Waals surface area contributed by atoms with E-state index in [1.807, 2.05) is 42.2 Å². The lowest BCUT2D eigenvalue weighted by Gasteiger charge is -2.38. The Balaban J connectivity index is 0.000000994. The van der Waals surface area contributed by atoms with Gasteiger partial charge in [0.1, 0.15) is 6.10 Å². The second-order valence-corrected chi connectivity index (χ2v) is 10.1. The molecule has 3 aliphatic heterocycles. The summed E-state index contributed by atoms with van der Waals surface area (Å²) in [5.74, 6) is 1.85. The van der Waals surface area contributed by atoms with E-state index in [2.05, 4.69) is 27.9 Å². The molecule has 0 N–H and O–H groups in total. The number of benzene rings is 2. The van der Waals surface area contributed by atoms with Crippen LogP contribution >= 0.6 is 15.9 Å². The van der Waals surface area contributed by atoms with Gasteiger partial charge in [-0.3, -0.25) is 0 Å². The van der Waals surface area contributed by atoms with Gasteiger partial charge in [-0.1, -0.05) is 58.4 Å². The Hall–Kier alpha value is -1.21. The van der Waals surface area contributed by atoms with Crippen molar-refractivity contribution in [3.63, 3.8) is 0 Å². The molecule has 3 aliphatic rings. The molecule has 0 radical (unpaired) electrons. The fourth-order valence-corrected chi connectivity index (χ4v) is 6.81. The van der Waals surface area contributed by atoms with Crippen molar-refractivity contribution in [1.82, 2.24) is 4.90 Å². The minimum Gasteiger partial charge on any atom is -0.365 e. The van der Waals surface area contributed by atoms with Gasteiger partial charge in [0.05, 0.1) is 16.8 Å². The lowest BCUT2D eigenvalue weighted by Crippen LogP contribution is -2.43. The SMILES string of the molecule is CBr.CN1C2CCC1CC(OC1c3ccccc3CS(=O)(=O)c3ccccc31)C2. The van der Waals surface area contributed by atoms with E-state index in [-0.39, 0.29) is 18.0 Å². The van der Waals surface area contributed by atoms with Gasteiger partial charge >= 0.3 is 0 Å². The molecule has 2 aromatic carbocycles. The lowest BCUT2D eigenvalue weighted by atomic mass is 9.95. The highest BCUT2D eigenvalue weighted by atomic mass is 79.9. The molecule has 0 saturated carbocycles. The van der Waals surface area contributed by atoms with Gasteiger partial charge in [0, 0.05) is 17.6 Å². The molecule has 29 heavy (non-hydrogen) atoms. The van der Waals surface area contributed by atoms with Crippen molar-refractivity contribution < 1.29 is 13.2 Å². The highest BCUT2D eigenvalue weighted by Crippen LogP contribution is 2.42. The number of piperidine rings is 1. The Morgan fingerprint density at radius 2 is 1.52 bits per heavy atom. The first-order chi connectivity index (χ1) is 14.0. The molecule has 3 atom stereocenters. The molecule has 2 aromatic rings. The molecule has 0 aliphatic carbocycles. The zero-order valence-corrected chi connectivity index (χ0v) is 19.3. The van der Waals surface area contributed by atoms with Crippen LogP contribution in [0.25, 0.3) is 0 Å². The molecule has 0 aromatic heterocycles. The van der Waals surface area contributed by atoms with Gasteiger partial charge in [-0.25, -0.2) is 8.42 Å². The van der Waals surface area contributed by atoms with E-state index in [0.717, 1.165) is 29.5 Å². The van der Waals surface area contributed by atoms with Crippen LogP contribution in [-0.4, -0.2) is 44.4 Å². The summed E-state index contributed by atoms with van der Waals surface area (Å²) in [6, 6.07) is 16.4. The molecule has 3 unspecified atom stereocenters. The second-order valence-electron chi connectivity index (χ2n) is 8.16. The zero-order chi connectivity index (χ0) is 20.6. The number of nitrogens with zero attached hydrogens (tertiary/aromatic N) is 1. The van der Waals surface area contributed by atoms with Gasteiger partial charge in [-0.05, 0) is 55.8 Å². The van der Waals surface area contributed by atoms with Gasteiger partial charge < -0.3 is 9.64 Å². The summed E-state index contributed by atoms with van der Waals surface area (Å²) in [4.78, 5) is 2.92. The van der Waals surface area contributed by atoms with Gasteiger partial charge in [0.15, 0.2) is 9.84 Å². The van der Waals surface area contributed by atoms with E-state index in [0.29, 0.717) is 17.0 Å². The molecule has 156 valence electrons. The number of ether oxygens (including phenoxy) is 1. The smallest absolute Gasteiger partial charge is 0.182 e. The van der Waals surface area contributed by atoms with Crippen molar-refractivity contribution in [3.05, 3.63) is 65.2 Å². The maximum Gasteiger partial charge on any atom is 0.182 e. The summed E-state index contributed by atoms with van der Waals surface area (Å²) in [6.07, 6.45) is 4.40. The first-order valence-electron chi connectivity index (χ1n) is 10.2. The van der Waals surface area contributed by atoms with Crippen LogP contribution in [-0.2, 0) is 20.3 Å². The first-order valence-corrected chi connectivity index (χ1v) is 13.4. The highest BCUT2D eigenvalue weighted by molar-refractivity contribution is 9.08. The monoisotopic (exact) mass is 477 g/mol. The largest absolute Gasteiger partial charge is 0.365 e. The quantitative estimate of drug-likeness (QED) is 0.587. The molecule has 3 heterocycles. The molecular formula is C23H28BrNO3S. The fourth-order valence-electron chi connectivity index (χ4n) is 5.16. The Kier molecular flexibility index (Phi) is 6.17. The van der Waals surface area contributed by atoms with Crippen LogP contribution in [0.3, 0.4) is 0 Å². The van der Waals surface area contributed by atoms with Crippen molar-refractivity contribution in [2.75, 3.05) is 12.9 Å². The molecular weight excluding hydrogens is 450 g/mol. The molecule has 0 amide bonds. The van der Waals surface area contributed by atoms with Crippen molar-refractivity contribution >= 4 is 25.8 Å². The van der Waals surface area contributed by atoms with Crippen LogP contribution in [0.15, 0.2) is 53.4 Å². The third kappa shape index (κ3) is 3.92. The summed E-state index contributed by atoms with van der Waals surface area (Å²) >= 11 is 2.94. The third-order valence-corrected chi connectivity index (χ3v) is 8.34. The van der Waals surface area contributed by atoms with Crippen molar-refractivity contribution in [3.8, 4) is 0 Å². The van der Waals surface area contributed by atoms with Gasteiger partial charge in [-0.15, -0.1) is 0 Å². The molecule has 2 bridgehead atoms. The number of alkyl halides is 1. The molecule has 0 spiro atoms. The summed E-state index contributed by atoms with van der Waals surface area (Å²) in [5, 5.41) is 0. The number of sulfone groups is 1. The lowest BCUT2D eigenvalue weighted by molar-refractivity contribution is -0.0435. The molecule has 6 heteroatoms. The van der Waals surface area contributed by atoms with Crippen molar-refractivity contribution in [1.29, 1.82) is 0 Å². The Bertz CT molecular complexity index is 964. The standard InChI is InChI=1S/C22H25NO3S.CH3Br/c1-23-16-10-11-17(23)13-18(12-16)26-22-19-7-3-2-6-15(19)14-27(24,25)21-9-5-4-8-20(21)22;1-2/h2-9,16-18,22H,10-14H2,1H3;1H3. The van der Waals surface area contributed by atoms with Gasteiger partial charge in [0.25, 0.3) is 0 Å². The number of halogens is 1. The maximum absolute atomic E-state index is 13.0. The highest BCUT2D eigenvalue weighted by Gasteiger charge is 2.41. The Labute approximate surface area is 182 Å². The van der Waals surface area contributed by atoms with Crippen LogP contribution < -0.4 is 0 Å². The van der Waals surface area contributed by atoms with Gasteiger partial charge in [-0.2, -0.15) is 0 Å². The predicted octanol–water partition coefficient (Wildman–Crippen LogP) is 4.72. The average Bonchev–Trinajstić information content (AvgIpc) is 2.91. The molecule has 2 saturated heterocycles. The van der Waals surface area contributed by atoms with Crippen molar-refractivity contribution in [2.45, 2.75) is 60.6 Å². The molecule has 4 nitrogen and oxygen atoms in total. The van der Waals surface area contributed by atoms with E-state index in [1.54, 1.807) is 12.1 Å². The van der Waals surface area contributed by atoms with Crippen LogP contribution in [0.4, 0.5) is 0 Å². The summed E-state index contributed by atoms with van der Waals surface area (Å²) in [5.41, 5.74) is 2.64. The summed E-state index contributed by atoms with van der Waals surface area (Å²) < 4.78 is 32.7. The van der Waals surface area contributed by atoms with E-state index < -0.39 is 9.84 Å². The maximum atomic E-state index is 13.0. The number of hydrogen-bond acceptors (Lipinski definition) is 4. The van der Waals surface area contributed by atoms with Crippen LogP contribution in [0, 0.1) is 0 Å². The minimum atomic E-state index is -3.37. The Morgan fingerprint density at radius 3 is 2.21 bits per heavy atom. The average molecular weight is 478 g/mol. The van der Waals surface area contributed by atoms with E-state index in [1.165, 1.54) is 12.8 Å². The third-order valence-electron chi connectivity index (χ3n) is 6.60. The summed E-state index contributed by atoms with van der Waals surface area (Å²) in [6.45, 7) is 0. The number of rotatable bonds is 2. The fraction of sp³-hybridized carbons (Fsp3) is 0.478. The number of hydrogen-bond donors (Lipinski definition) is 0. The van der Waals surface area contributed by atoms with Crippen LogP contribution in [0.5, 0.6) is 0 Å². The minimum absolute atomic E-state index is 0.0404. The molecule has 5 rings (SSSR count). The van der Waals surface area contributed by atoms with Crippen LogP contribution in [0.2, 0.25) is 0 Å². The van der Waals surface area contributed by atoms with E-state index in [9.17, 15) is 8.42 Å². The van der Waals surface area contributed by atoms with E-state index >= 15 is 0 Å². The topological polar surface area (TPSA) is 46.6 Å². The molecule has 2 fully saturated rings. The van der Waals surface area contributed by atoms with Gasteiger partial charge in [0.2, 0.25) is 0 Å². The van der Waals surface area contributed by atoms with Crippen LogP contribution in [0.1, 0.15) is 48.5 Å². The normalized spacial score (nSPS) is 29.8. The first kappa shape index (κ1) is 21.0. The zero-order valence-electron chi connectivity index (χ0n) is 16.9. The second kappa shape index (κ2) is 8.50.